The van der Waals surface area contributed by atoms with Crippen LogP contribution < -0.4 is 5.63 Å². The van der Waals surface area contributed by atoms with Gasteiger partial charge in [-0.3, -0.25) is 0 Å². The van der Waals surface area contributed by atoms with Crippen molar-refractivity contribution >= 4 is 16.9 Å². The second kappa shape index (κ2) is 11.0. The number of esters is 1. The summed E-state index contributed by atoms with van der Waals surface area (Å²) in [4.78, 5) is 25.6. The van der Waals surface area contributed by atoms with E-state index in [0.717, 1.165) is 60.2 Å². The van der Waals surface area contributed by atoms with Crippen LogP contribution >= 0.6 is 0 Å². The molecular formula is C37H50O4. The Hall–Kier alpha value is -2.36. The predicted molar refractivity (Wildman–Crippen MR) is 165 cm³/mol. The molecule has 0 bridgehead atoms. The molecule has 41 heavy (non-hydrogen) atoms. The van der Waals surface area contributed by atoms with Gasteiger partial charge in [-0.15, -0.1) is 0 Å². The molecule has 0 aliphatic heterocycles. The van der Waals surface area contributed by atoms with E-state index in [9.17, 15) is 9.59 Å². The first kappa shape index (κ1) is 28.7. The van der Waals surface area contributed by atoms with Crippen LogP contribution in [0.25, 0.3) is 11.0 Å². The summed E-state index contributed by atoms with van der Waals surface area (Å²) < 4.78 is 11.4. The lowest BCUT2D eigenvalue weighted by atomic mass is 9.47. The Kier molecular flexibility index (Phi) is 7.74. The molecule has 1 aromatic carbocycles. The van der Waals surface area contributed by atoms with Crippen LogP contribution in [0, 0.1) is 46.3 Å². The zero-order chi connectivity index (χ0) is 28.9. The number of para-hydroxylation sites is 1. The molecule has 4 aliphatic carbocycles. The van der Waals surface area contributed by atoms with Crippen LogP contribution in [0.2, 0.25) is 0 Å². The van der Waals surface area contributed by atoms with Gasteiger partial charge < -0.3 is 9.15 Å². The monoisotopic (exact) mass is 558 g/mol. The first-order valence-corrected chi connectivity index (χ1v) is 16.5. The topological polar surface area (TPSA) is 56.5 Å². The highest BCUT2D eigenvalue weighted by Crippen LogP contribution is 2.67. The van der Waals surface area contributed by atoms with E-state index in [-0.39, 0.29) is 17.1 Å². The molecule has 4 heteroatoms. The largest absolute Gasteiger partial charge is 0.458 e. The summed E-state index contributed by atoms with van der Waals surface area (Å²) in [5.74, 6) is 4.33. The highest BCUT2D eigenvalue weighted by atomic mass is 16.5. The normalized spacial score (nSPS) is 35.4. The van der Waals surface area contributed by atoms with Crippen molar-refractivity contribution in [2.24, 2.45) is 46.3 Å². The van der Waals surface area contributed by atoms with Crippen LogP contribution in [0.5, 0.6) is 0 Å². The first-order chi connectivity index (χ1) is 19.6. The molecule has 3 fully saturated rings. The predicted octanol–water partition coefficient (Wildman–Crippen LogP) is 9.36. The van der Waals surface area contributed by atoms with E-state index in [4.69, 9.17) is 9.15 Å². The van der Waals surface area contributed by atoms with Gasteiger partial charge >= 0.3 is 11.6 Å². The number of carbonyl (C=O) groups is 1. The van der Waals surface area contributed by atoms with Crippen molar-refractivity contribution in [2.45, 2.75) is 111 Å². The summed E-state index contributed by atoms with van der Waals surface area (Å²) in [6.07, 6.45) is 15.9. The van der Waals surface area contributed by atoms with Crippen LogP contribution in [-0.4, -0.2) is 12.1 Å². The Morgan fingerprint density at radius 2 is 1.83 bits per heavy atom. The van der Waals surface area contributed by atoms with E-state index >= 15 is 0 Å². The Morgan fingerprint density at radius 3 is 2.63 bits per heavy atom. The first-order valence-electron chi connectivity index (χ1n) is 16.5. The number of carbonyl (C=O) groups excluding carboxylic acids is 1. The second-order valence-corrected chi connectivity index (χ2v) is 15.0. The minimum absolute atomic E-state index is 0.00416. The number of hydrogen-bond donors (Lipinski definition) is 0. The summed E-state index contributed by atoms with van der Waals surface area (Å²) in [7, 11) is 0. The molecule has 3 saturated carbocycles. The molecule has 1 aromatic heterocycles. The van der Waals surface area contributed by atoms with E-state index in [1.165, 1.54) is 56.9 Å². The van der Waals surface area contributed by atoms with Crippen LogP contribution in [-0.2, 0) is 4.74 Å². The van der Waals surface area contributed by atoms with Gasteiger partial charge in [-0.1, -0.05) is 83.7 Å². The van der Waals surface area contributed by atoms with Crippen LogP contribution in [0.1, 0.15) is 116 Å². The van der Waals surface area contributed by atoms with Gasteiger partial charge in [0, 0.05) is 11.8 Å². The molecule has 0 radical (unpaired) electrons. The molecule has 4 aliphatic rings. The maximum Gasteiger partial charge on any atom is 0.351 e. The fourth-order valence-corrected chi connectivity index (χ4v) is 10.2. The van der Waals surface area contributed by atoms with Crippen molar-refractivity contribution in [3.8, 4) is 0 Å². The van der Waals surface area contributed by atoms with Gasteiger partial charge in [0.1, 0.15) is 17.3 Å². The summed E-state index contributed by atoms with van der Waals surface area (Å²) in [5, 5.41) is 0.736. The van der Waals surface area contributed by atoms with Crippen molar-refractivity contribution in [1.82, 2.24) is 0 Å². The zero-order valence-electron chi connectivity index (χ0n) is 25.9. The van der Waals surface area contributed by atoms with Crippen molar-refractivity contribution in [1.29, 1.82) is 0 Å². The number of allylic oxidation sites excluding steroid dienone is 1. The number of ether oxygens (including phenoxy) is 1. The van der Waals surface area contributed by atoms with Crippen molar-refractivity contribution < 1.29 is 13.9 Å². The molecule has 0 unspecified atom stereocenters. The average molecular weight is 559 g/mol. The smallest absolute Gasteiger partial charge is 0.351 e. The highest BCUT2D eigenvalue weighted by Gasteiger charge is 2.59. The van der Waals surface area contributed by atoms with E-state index in [1.807, 2.05) is 18.2 Å². The molecule has 0 saturated heterocycles. The van der Waals surface area contributed by atoms with Gasteiger partial charge in [0.2, 0.25) is 0 Å². The highest BCUT2D eigenvalue weighted by molar-refractivity contribution is 5.92. The fraction of sp³-hybridized carbons (Fsp3) is 0.676. The van der Waals surface area contributed by atoms with Gasteiger partial charge in [-0.2, -0.15) is 0 Å². The standard InChI is InChI=1S/C37H50O4/c1-23(2)9-8-10-24(3)30-15-16-31-28-14-13-26-22-27(17-19-36(26,4)32(28)18-20-37(30,31)5)40-34(38)29-21-25-11-6-7-12-33(25)41-35(29)39/h6-7,11-13,21,23-24,27-28,30-32H,8-10,14-20,22H2,1-5H3/t24-,27-,28+,30-,31+,32+,36+,37-/m1/s1. The second-order valence-electron chi connectivity index (χ2n) is 15.0. The van der Waals surface area contributed by atoms with Crippen LogP contribution in [0.3, 0.4) is 0 Å². The molecule has 8 atom stereocenters. The van der Waals surface area contributed by atoms with Crippen molar-refractivity contribution in [2.75, 3.05) is 0 Å². The van der Waals surface area contributed by atoms with Gasteiger partial charge in [0.15, 0.2) is 0 Å². The minimum Gasteiger partial charge on any atom is -0.458 e. The number of hydrogen-bond acceptors (Lipinski definition) is 4. The van der Waals surface area contributed by atoms with Crippen molar-refractivity contribution in [3.63, 3.8) is 0 Å². The lowest BCUT2D eigenvalue weighted by Gasteiger charge is -2.58. The van der Waals surface area contributed by atoms with E-state index < -0.39 is 11.6 Å². The maximum absolute atomic E-state index is 13.1. The lowest BCUT2D eigenvalue weighted by Crippen LogP contribution is -2.51. The number of rotatable bonds is 7. The van der Waals surface area contributed by atoms with Crippen molar-refractivity contribution in [3.05, 3.63) is 58.0 Å². The Balaban J connectivity index is 1.13. The third kappa shape index (κ3) is 5.12. The molecule has 0 amide bonds. The average Bonchev–Trinajstić information content (AvgIpc) is 3.30. The minimum atomic E-state index is -0.622. The van der Waals surface area contributed by atoms with Gasteiger partial charge in [0.05, 0.1) is 0 Å². The van der Waals surface area contributed by atoms with Crippen LogP contribution in [0.15, 0.2) is 51.2 Å². The van der Waals surface area contributed by atoms with Gasteiger partial charge in [0.25, 0.3) is 0 Å². The fourth-order valence-electron chi connectivity index (χ4n) is 10.2. The molecule has 2 aromatic rings. The Labute approximate surface area is 246 Å². The number of benzene rings is 1. The summed E-state index contributed by atoms with van der Waals surface area (Å²) in [5.41, 5.74) is 2.05. The summed E-state index contributed by atoms with van der Waals surface area (Å²) >= 11 is 0. The van der Waals surface area contributed by atoms with E-state index in [1.54, 1.807) is 12.1 Å². The zero-order valence-corrected chi connectivity index (χ0v) is 25.9. The Morgan fingerprint density at radius 1 is 1.02 bits per heavy atom. The molecule has 6 rings (SSSR count). The summed E-state index contributed by atoms with van der Waals surface area (Å²) in [6.45, 7) is 12.4. The quantitative estimate of drug-likeness (QED) is 0.193. The molecular weight excluding hydrogens is 508 g/mol. The third-order valence-electron chi connectivity index (χ3n) is 12.4. The lowest BCUT2D eigenvalue weighted by molar-refractivity contribution is -0.0595. The molecule has 0 N–H and O–H groups in total. The van der Waals surface area contributed by atoms with E-state index in [2.05, 4.69) is 40.7 Å². The van der Waals surface area contributed by atoms with Gasteiger partial charge in [-0.25, -0.2) is 9.59 Å². The molecule has 0 spiro atoms. The number of fused-ring (bicyclic) bond motifs is 6. The molecule has 4 nitrogen and oxygen atoms in total. The SMILES string of the molecule is CC(C)CCC[C@@H](C)[C@H]1CC[C@H]2[C@@H]3CC=C4C[C@H](OC(=O)c5cc6ccccc6oc5=O)CC[C@]4(C)[C@H]3CC[C@]12C. The summed E-state index contributed by atoms with van der Waals surface area (Å²) in [6, 6.07) is 8.89. The molecule has 1 heterocycles. The van der Waals surface area contributed by atoms with Crippen LogP contribution in [0.4, 0.5) is 0 Å². The maximum atomic E-state index is 13.1. The third-order valence-corrected chi connectivity index (χ3v) is 12.4. The Bertz CT molecular complexity index is 1370. The van der Waals surface area contributed by atoms with Gasteiger partial charge in [-0.05, 0) is 103 Å². The van der Waals surface area contributed by atoms with E-state index in [0.29, 0.717) is 11.0 Å². The molecule has 222 valence electrons.